The van der Waals surface area contributed by atoms with Crippen LogP contribution in [0.4, 0.5) is 18.9 Å². The molecule has 2 rings (SSSR count). The molecule has 0 spiro atoms. The third-order valence-electron chi connectivity index (χ3n) is 2.45. The minimum Gasteiger partial charge on any atom is -0.488 e. The third-order valence-corrected chi connectivity index (χ3v) is 2.45. The van der Waals surface area contributed by atoms with Gasteiger partial charge in [-0.1, -0.05) is 0 Å². The third kappa shape index (κ3) is 3.03. The second-order valence-corrected chi connectivity index (χ2v) is 3.89. The number of hydrogen-bond acceptors (Lipinski definition) is 3. The largest absolute Gasteiger partial charge is 0.488 e. The molecule has 1 saturated heterocycles. The lowest BCUT2D eigenvalue weighted by molar-refractivity contribution is -0.137. The van der Waals surface area contributed by atoms with Crippen molar-refractivity contribution in [2.75, 3.05) is 18.9 Å². The van der Waals surface area contributed by atoms with E-state index in [1.807, 2.05) is 0 Å². The Balaban J connectivity index is 2.19. The molecule has 0 aliphatic carbocycles. The van der Waals surface area contributed by atoms with Crippen LogP contribution in [-0.2, 0) is 10.9 Å². The van der Waals surface area contributed by atoms with Crippen molar-refractivity contribution < 1.29 is 22.6 Å². The van der Waals surface area contributed by atoms with E-state index in [2.05, 4.69) is 0 Å². The minimum atomic E-state index is -4.42. The molecule has 1 atom stereocenters. The number of hydrogen-bond donors (Lipinski definition) is 1. The topological polar surface area (TPSA) is 44.5 Å². The Labute approximate surface area is 96.3 Å². The van der Waals surface area contributed by atoms with E-state index in [0.717, 1.165) is 12.1 Å². The highest BCUT2D eigenvalue weighted by molar-refractivity contribution is 5.48. The monoisotopic (exact) mass is 247 g/mol. The highest BCUT2D eigenvalue weighted by Gasteiger charge is 2.31. The molecule has 1 aromatic rings. The fraction of sp³-hybridized carbons (Fsp3) is 0.455. The Hall–Kier alpha value is -1.43. The van der Waals surface area contributed by atoms with Gasteiger partial charge >= 0.3 is 6.18 Å². The summed E-state index contributed by atoms with van der Waals surface area (Å²) in [5.74, 6) is 0.132. The van der Waals surface area contributed by atoms with E-state index >= 15 is 0 Å². The maximum absolute atomic E-state index is 12.5. The van der Waals surface area contributed by atoms with Gasteiger partial charge in [0.2, 0.25) is 0 Å². The fourth-order valence-electron chi connectivity index (χ4n) is 1.65. The molecule has 2 N–H and O–H groups in total. The second kappa shape index (κ2) is 4.44. The van der Waals surface area contributed by atoms with E-state index < -0.39 is 11.7 Å². The Morgan fingerprint density at radius 3 is 2.65 bits per heavy atom. The van der Waals surface area contributed by atoms with Gasteiger partial charge in [-0.15, -0.1) is 0 Å². The molecule has 0 bridgehead atoms. The average molecular weight is 247 g/mol. The SMILES string of the molecule is Nc1cc(O[C@@H]2CCOC2)cc(C(F)(F)F)c1. The summed E-state index contributed by atoms with van der Waals surface area (Å²) in [5, 5.41) is 0. The Kier molecular flexibility index (Phi) is 3.15. The molecule has 0 unspecified atom stereocenters. The first kappa shape index (κ1) is 12.0. The minimum absolute atomic E-state index is 0.0359. The molecule has 0 saturated carbocycles. The predicted octanol–water partition coefficient (Wildman–Crippen LogP) is 2.46. The second-order valence-electron chi connectivity index (χ2n) is 3.89. The van der Waals surface area contributed by atoms with E-state index in [0.29, 0.717) is 19.6 Å². The van der Waals surface area contributed by atoms with E-state index in [-0.39, 0.29) is 17.5 Å². The van der Waals surface area contributed by atoms with Gasteiger partial charge in [0.1, 0.15) is 11.9 Å². The molecule has 0 radical (unpaired) electrons. The van der Waals surface area contributed by atoms with Crippen LogP contribution in [0.25, 0.3) is 0 Å². The maximum Gasteiger partial charge on any atom is 0.416 e. The fourth-order valence-corrected chi connectivity index (χ4v) is 1.65. The number of nitrogen functional groups attached to an aromatic ring is 1. The molecule has 1 aliphatic rings. The van der Waals surface area contributed by atoms with Crippen LogP contribution >= 0.6 is 0 Å². The zero-order chi connectivity index (χ0) is 12.5. The van der Waals surface area contributed by atoms with Crippen LogP contribution in [0.3, 0.4) is 0 Å². The van der Waals surface area contributed by atoms with Gasteiger partial charge in [-0.05, 0) is 12.1 Å². The van der Waals surface area contributed by atoms with Gasteiger partial charge in [0.25, 0.3) is 0 Å². The number of halogens is 3. The first-order valence-corrected chi connectivity index (χ1v) is 5.17. The van der Waals surface area contributed by atoms with Crippen LogP contribution in [0.1, 0.15) is 12.0 Å². The summed E-state index contributed by atoms with van der Waals surface area (Å²) in [6.07, 6.45) is -3.94. The normalized spacial score (nSPS) is 20.5. The molecule has 0 amide bonds. The molecule has 3 nitrogen and oxygen atoms in total. The van der Waals surface area contributed by atoms with Crippen LogP contribution in [-0.4, -0.2) is 19.3 Å². The summed E-state index contributed by atoms with van der Waals surface area (Å²) < 4.78 is 48.0. The van der Waals surface area contributed by atoms with E-state index in [1.54, 1.807) is 0 Å². The summed E-state index contributed by atoms with van der Waals surface area (Å²) >= 11 is 0. The van der Waals surface area contributed by atoms with Crippen molar-refractivity contribution in [3.63, 3.8) is 0 Å². The Morgan fingerprint density at radius 2 is 2.06 bits per heavy atom. The lowest BCUT2D eigenvalue weighted by Gasteiger charge is -2.14. The zero-order valence-electron chi connectivity index (χ0n) is 8.96. The molecule has 1 heterocycles. The van der Waals surface area contributed by atoms with Gasteiger partial charge in [-0.3, -0.25) is 0 Å². The summed E-state index contributed by atoms with van der Waals surface area (Å²) in [7, 11) is 0. The quantitative estimate of drug-likeness (QED) is 0.816. The number of rotatable bonds is 2. The van der Waals surface area contributed by atoms with Crippen LogP contribution in [0, 0.1) is 0 Å². The molecule has 6 heteroatoms. The van der Waals surface area contributed by atoms with Gasteiger partial charge < -0.3 is 15.2 Å². The van der Waals surface area contributed by atoms with Crippen LogP contribution in [0.15, 0.2) is 18.2 Å². The molecule has 0 aromatic heterocycles. The van der Waals surface area contributed by atoms with Crippen LogP contribution in [0.2, 0.25) is 0 Å². The van der Waals surface area contributed by atoms with E-state index in [9.17, 15) is 13.2 Å². The average Bonchev–Trinajstić information content (AvgIpc) is 2.68. The number of alkyl halides is 3. The Bertz CT molecular complexity index is 400. The zero-order valence-corrected chi connectivity index (χ0v) is 8.96. The van der Waals surface area contributed by atoms with Crippen molar-refractivity contribution in [2.45, 2.75) is 18.7 Å². The molecular weight excluding hydrogens is 235 g/mol. The van der Waals surface area contributed by atoms with Crippen molar-refractivity contribution in [3.05, 3.63) is 23.8 Å². The number of nitrogens with two attached hydrogens (primary N) is 1. The van der Waals surface area contributed by atoms with Crippen molar-refractivity contribution in [3.8, 4) is 5.75 Å². The van der Waals surface area contributed by atoms with E-state index in [4.69, 9.17) is 15.2 Å². The number of benzene rings is 1. The van der Waals surface area contributed by atoms with Gasteiger partial charge in [-0.25, -0.2) is 0 Å². The lowest BCUT2D eigenvalue weighted by atomic mass is 10.2. The highest BCUT2D eigenvalue weighted by atomic mass is 19.4. The van der Waals surface area contributed by atoms with Gasteiger partial charge in [-0.2, -0.15) is 13.2 Å². The van der Waals surface area contributed by atoms with Crippen molar-refractivity contribution in [1.29, 1.82) is 0 Å². The lowest BCUT2D eigenvalue weighted by Crippen LogP contribution is -2.16. The van der Waals surface area contributed by atoms with Crippen molar-refractivity contribution in [1.82, 2.24) is 0 Å². The predicted molar refractivity (Wildman–Crippen MR) is 55.7 cm³/mol. The maximum atomic E-state index is 12.5. The smallest absolute Gasteiger partial charge is 0.416 e. The molecule has 1 aromatic carbocycles. The standard InChI is InChI=1S/C11H12F3NO2/c12-11(13,14)7-3-8(15)5-10(4-7)17-9-1-2-16-6-9/h3-5,9H,1-2,6,15H2/t9-/m1/s1. The summed E-state index contributed by atoms with van der Waals surface area (Å²) in [6, 6.07) is 3.22. The molecular formula is C11H12F3NO2. The van der Waals surface area contributed by atoms with Crippen LogP contribution < -0.4 is 10.5 Å². The first-order chi connectivity index (χ1) is 7.95. The van der Waals surface area contributed by atoms with Crippen molar-refractivity contribution in [2.24, 2.45) is 0 Å². The number of ether oxygens (including phenoxy) is 2. The van der Waals surface area contributed by atoms with Gasteiger partial charge in [0.05, 0.1) is 18.8 Å². The molecule has 1 aliphatic heterocycles. The summed E-state index contributed by atoms with van der Waals surface area (Å²) in [4.78, 5) is 0. The van der Waals surface area contributed by atoms with Gasteiger partial charge in [0, 0.05) is 18.2 Å². The number of anilines is 1. The summed E-state index contributed by atoms with van der Waals surface area (Å²) in [5.41, 5.74) is 4.66. The van der Waals surface area contributed by atoms with Crippen molar-refractivity contribution >= 4 is 5.69 Å². The van der Waals surface area contributed by atoms with Crippen LogP contribution in [0.5, 0.6) is 5.75 Å². The highest BCUT2D eigenvalue weighted by Crippen LogP contribution is 2.33. The summed E-state index contributed by atoms with van der Waals surface area (Å²) in [6.45, 7) is 0.968. The molecule has 1 fully saturated rings. The molecule has 94 valence electrons. The molecule has 17 heavy (non-hydrogen) atoms. The first-order valence-electron chi connectivity index (χ1n) is 5.17. The van der Waals surface area contributed by atoms with E-state index in [1.165, 1.54) is 6.07 Å². The Morgan fingerprint density at radius 1 is 1.29 bits per heavy atom. The van der Waals surface area contributed by atoms with Gasteiger partial charge in [0.15, 0.2) is 0 Å².